The lowest BCUT2D eigenvalue weighted by Crippen LogP contribution is -2.29. The smallest absolute Gasteiger partial charge is 0.222 e. The summed E-state index contributed by atoms with van der Waals surface area (Å²) in [5.74, 6) is 1.81. The van der Waals surface area contributed by atoms with Gasteiger partial charge in [-0.2, -0.15) is 0 Å². The van der Waals surface area contributed by atoms with E-state index in [0.717, 1.165) is 31.6 Å². The van der Waals surface area contributed by atoms with Crippen molar-refractivity contribution in [2.45, 2.75) is 44.6 Å². The molecule has 1 aliphatic heterocycles. The highest BCUT2D eigenvalue weighted by Gasteiger charge is 2.44. The lowest BCUT2D eigenvalue weighted by molar-refractivity contribution is -0.130. The molecule has 3 heteroatoms. The van der Waals surface area contributed by atoms with Crippen LogP contribution in [0.25, 0.3) is 0 Å². The van der Waals surface area contributed by atoms with E-state index in [0.29, 0.717) is 18.4 Å². The van der Waals surface area contributed by atoms with Crippen LogP contribution in [0.4, 0.5) is 0 Å². The number of benzene rings is 1. The summed E-state index contributed by atoms with van der Waals surface area (Å²) in [5, 5.41) is 0. The quantitative estimate of drug-likeness (QED) is 0.835. The second-order valence-corrected chi connectivity index (χ2v) is 5.54. The molecule has 1 amide bonds. The number of nitrogens with zero attached hydrogens (tertiary/aromatic N) is 1. The summed E-state index contributed by atoms with van der Waals surface area (Å²) >= 11 is 0. The minimum atomic E-state index is 0.244. The summed E-state index contributed by atoms with van der Waals surface area (Å²) in [7, 11) is 1.93. The topological polar surface area (TPSA) is 29.5 Å². The van der Waals surface area contributed by atoms with E-state index in [4.69, 9.17) is 4.74 Å². The van der Waals surface area contributed by atoms with Gasteiger partial charge in [0.05, 0.1) is 6.61 Å². The zero-order chi connectivity index (χ0) is 13.4. The summed E-state index contributed by atoms with van der Waals surface area (Å²) in [5.41, 5.74) is 2.77. The Morgan fingerprint density at radius 2 is 2.32 bits per heavy atom. The molecule has 1 aromatic carbocycles. The Bertz CT molecular complexity index is 498. The summed E-state index contributed by atoms with van der Waals surface area (Å²) in [6.07, 6.45) is 3.90. The number of rotatable bonds is 3. The monoisotopic (exact) mass is 259 g/mol. The Kier molecular flexibility index (Phi) is 3.21. The largest absolute Gasteiger partial charge is 0.493 e. The minimum absolute atomic E-state index is 0.244. The van der Waals surface area contributed by atoms with Crippen LogP contribution >= 0.6 is 0 Å². The number of carbonyl (C=O) groups excluding carboxylic acids is 1. The van der Waals surface area contributed by atoms with Gasteiger partial charge in [-0.25, -0.2) is 0 Å². The Labute approximate surface area is 114 Å². The van der Waals surface area contributed by atoms with Crippen molar-refractivity contribution in [1.29, 1.82) is 0 Å². The summed E-state index contributed by atoms with van der Waals surface area (Å²) in [6, 6.07) is 6.75. The van der Waals surface area contributed by atoms with Gasteiger partial charge in [-0.1, -0.05) is 19.1 Å². The molecule has 1 fully saturated rings. The molecule has 1 heterocycles. The van der Waals surface area contributed by atoms with Crippen molar-refractivity contribution in [3.05, 3.63) is 29.3 Å². The highest BCUT2D eigenvalue weighted by Crippen LogP contribution is 2.47. The average Bonchev–Trinajstić information content (AvgIpc) is 3.25. The van der Waals surface area contributed by atoms with Crippen LogP contribution in [0.15, 0.2) is 18.2 Å². The molecule has 102 valence electrons. The van der Waals surface area contributed by atoms with E-state index in [9.17, 15) is 4.79 Å². The van der Waals surface area contributed by atoms with Gasteiger partial charge in [0.2, 0.25) is 5.91 Å². The molecule has 19 heavy (non-hydrogen) atoms. The normalized spacial score (nSPS) is 24.3. The maximum atomic E-state index is 11.8. The fraction of sp³-hybridized carbons (Fsp3) is 0.562. The second kappa shape index (κ2) is 4.87. The molecule has 0 spiro atoms. The van der Waals surface area contributed by atoms with Gasteiger partial charge in [0.15, 0.2) is 0 Å². The van der Waals surface area contributed by atoms with Crippen LogP contribution in [0.2, 0.25) is 0 Å². The predicted molar refractivity (Wildman–Crippen MR) is 74.5 cm³/mol. The van der Waals surface area contributed by atoms with Gasteiger partial charge >= 0.3 is 0 Å². The first-order valence-corrected chi connectivity index (χ1v) is 7.22. The van der Waals surface area contributed by atoms with Crippen LogP contribution < -0.4 is 4.74 Å². The first-order valence-electron chi connectivity index (χ1n) is 7.22. The van der Waals surface area contributed by atoms with E-state index in [2.05, 4.69) is 18.2 Å². The molecule has 1 aromatic rings. The number of fused-ring (bicyclic) bond motifs is 1. The third-order valence-electron chi connectivity index (χ3n) is 4.35. The van der Waals surface area contributed by atoms with Crippen LogP contribution in [-0.2, 0) is 11.2 Å². The Morgan fingerprint density at radius 3 is 3.11 bits per heavy atom. The van der Waals surface area contributed by atoms with E-state index in [-0.39, 0.29) is 5.91 Å². The zero-order valence-corrected chi connectivity index (χ0v) is 11.7. The maximum absolute atomic E-state index is 11.8. The van der Waals surface area contributed by atoms with E-state index in [1.54, 1.807) is 0 Å². The zero-order valence-electron chi connectivity index (χ0n) is 11.7. The SMILES string of the molecule is CCC(=O)N(C)C1CC1c1cccc2c1CCCO2. The van der Waals surface area contributed by atoms with Crippen LogP contribution in [-0.4, -0.2) is 30.5 Å². The molecule has 0 N–H and O–H groups in total. The van der Waals surface area contributed by atoms with Crippen LogP contribution in [0, 0.1) is 0 Å². The fourth-order valence-corrected chi connectivity index (χ4v) is 3.14. The molecule has 2 unspecified atom stereocenters. The molecule has 2 atom stereocenters. The van der Waals surface area contributed by atoms with Gasteiger partial charge in [0, 0.05) is 25.4 Å². The standard InChI is InChI=1S/C16H21NO2/c1-3-16(18)17(2)14-10-13(14)11-6-4-8-15-12(11)7-5-9-19-15/h4,6,8,13-14H,3,5,7,9-10H2,1-2H3. The van der Waals surface area contributed by atoms with Gasteiger partial charge in [-0.15, -0.1) is 0 Å². The Balaban J connectivity index is 1.80. The molecule has 3 rings (SSSR count). The van der Waals surface area contributed by atoms with Crippen molar-refractivity contribution in [2.24, 2.45) is 0 Å². The lowest BCUT2D eigenvalue weighted by atomic mass is 9.96. The van der Waals surface area contributed by atoms with E-state index in [1.807, 2.05) is 18.9 Å². The van der Waals surface area contributed by atoms with Crippen molar-refractivity contribution >= 4 is 5.91 Å². The predicted octanol–water partition coefficient (Wildman–Crippen LogP) is 2.74. The molecule has 2 aliphatic rings. The van der Waals surface area contributed by atoms with Crippen molar-refractivity contribution in [3.63, 3.8) is 0 Å². The molecule has 1 saturated carbocycles. The number of amides is 1. The van der Waals surface area contributed by atoms with E-state index >= 15 is 0 Å². The van der Waals surface area contributed by atoms with Gasteiger partial charge in [-0.3, -0.25) is 4.79 Å². The Hall–Kier alpha value is -1.51. The van der Waals surface area contributed by atoms with Crippen LogP contribution in [0.1, 0.15) is 43.2 Å². The molecule has 0 radical (unpaired) electrons. The summed E-state index contributed by atoms with van der Waals surface area (Å²) in [4.78, 5) is 13.7. The number of hydrogen-bond acceptors (Lipinski definition) is 2. The van der Waals surface area contributed by atoms with E-state index in [1.165, 1.54) is 11.1 Å². The molecular weight excluding hydrogens is 238 g/mol. The summed E-state index contributed by atoms with van der Waals surface area (Å²) in [6.45, 7) is 2.76. The molecule has 1 aliphatic carbocycles. The van der Waals surface area contributed by atoms with Crippen molar-refractivity contribution < 1.29 is 9.53 Å². The van der Waals surface area contributed by atoms with Gasteiger partial charge in [0.1, 0.15) is 5.75 Å². The Morgan fingerprint density at radius 1 is 1.47 bits per heavy atom. The third-order valence-corrected chi connectivity index (χ3v) is 4.35. The lowest BCUT2D eigenvalue weighted by Gasteiger charge is -2.21. The van der Waals surface area contributed by atoms with Crippen molar-refractivity contribution in [3.8, 4) is 5.75 Å². The van der Waals surface area contributed by atoms with Gasteiger partial charge in [-0.05, 0) is 36.5 Å². The minimum Gasteiger partial charge on any atom is -0.493 e. The van der Waals surface area contributed by atoms with Crippen molar-refractivity contribution in [2.75, 3.05) is 13.7 Å². The average molecular weight is 259 g/mol. The van der Waals surface area contributed by atoms with Gasteiger partial charge in [0.25, 0.3) is 0 Å². The first kappa shape index (κ1) is 12.5. The molecular formula is C16H21NO2. The number of carbonyl (C=O) groups is 1. The van der Waals surface area contributed by atoms with E-state index < -0.39 is 0 Å². The number of hydrogen-bond donors (Lipinski definition) is 0. The molecule has 0 bridgehead atoms. The molecule has 0 aromatic heterocycles. The van der Waals surface area contributed by atoms with Crippen LogP contribution in [0.5, 0.6) is 5.75 Å². The molecule has 3 nitrogen and oxygen atoms in total. The maximum Gasteiger partial charge on any atom is 0.222 e. The highest BCUT2D eigenvalue weighted by molar-refractivity contribution is 5.76. The first-order chi connectivity index (χ1) is 9.22. The highest BCUT2D eigenvalue weighted by atomic mass is 16.5. The molecule has 0 saturated heterocycles. The number of ether oxygens (including phenoxy) is 1. The van der Waals surface area contributed by atoms with Gasteiger partial charge < -0.3 is 9.64 Å². The summed E-state index contributed by atoms with van der Waals surface area (Å²) < 4.78 is 5.73. The second-order valence-electron chi connectivity index (χ2n) is 5.54. The third kappa shape index (κ3) is 2.22. The fourth-order valence-electron chi connectivity index (χ4n) is 3.14. The number of likely N-dealkylation sites (N-methyl/N-ethyl adjacent to an activating group) is 1. The van der Waals surface area contributed by atoms with Crippen molar-refractivity contribution in [1.82, 2.24) is 4.90 Å². The van der Waals surface area contributed by atoms with Crippen LogP contribution in [0.3, 0.4) is 0 Å².